The molecular weight excluding hydrogens is 207 g/mol. The Morgan fingerprint density at radius 3 is 2.47 bits per heavy atom. The Bertz CT molecular complexity index is 336. The van der Waals surface area contributed by atoms with E-state index < -0.39 is 11.7 Å². The standard InChI is InChI=1S/C10H12F3NO/c1-14-6-7-4-3-5-8(15-2)9(7)10(11,12)13/h3-5,14H,6H2,1-2H3. The quantitative estimate of drug-likeness (QED) is 0.843. The van der Waals surface area contributed by atoms with E-state index in [1.807, 2.05) is 0 Å². The number of benzene rings is 1. The predicted octanol–water partition coefficient (Wildman–Crippen LogP) is 2.43. The lowest BCUT2D eigenvalue weighted by molar-refractivity contribution is -0.139. The lowest BCUT2D eigenvalue weighted by Gasteiger charge is -2.16. The monoisotopic (exact) mass is 219 g/mol. The second kappa shape index (κ2) is 4.53. The highest BCUT2D eigenvalue weighted by molar-refractivity contribution is 5.42. The third kappa shape index (κ3) is 2.62. The van der Waals surface area contributed by atoms with Crippen LogP contribution in [-0.4, -0.2) is 14.2 Å². The van der Waals surface area contributed by atoms with Crippen molar-refractivity contribution in [3.05, 3.63) is 29.3 Å². The Morgan fingerprint density at radius 2 is 2.00 bits per heavy atom. The summed E-state index contributed by atoms with van der Waals surface area (Å²) in [5, 5.41) is 2.69. The van der Waals surface area contributed by atoms with Crippen LogP contribution in [0.2, 0.25) is 0 Å². The number of ether oxygens (including phenoxy) is 1. The maximum atomic E-state index is 12.7. The number of rotatable bonds is 3. The summed E-state index contributed by atoms with van der Waals surface area (Å²) in [7, 11) is 2.83. The number of hydrogen-bond donors (Lipinski definition) is 1. The molecule has 0 radical (unpaired) electrons. The van der Waals surface area contributed by atoms with Crippen LogP contribution in [0.1, 0.15) is 11.1 Å². The van der Waals surface area contributed by atoms with Crippen molar-refractivity contribution in [3.8, 4) is 5.75 Å². The fourth-order valence-corrected chi connectivity index (χ4v) is 1.41. The molecule has 5 heteroatoms. The molecular formula is C10H12F3NO. The summed E-state index contributed by atoms with van der Waals surface area (Å²) < 4.78 is 42.8. The molecule has 0 aromatic heterocycles. The molecule has 0 aliphatic carbocycles. The maximum absolute atomic E-state index is 12.7. The van der Waals surface area contributed by atoms with Crippen LogP contribution in [0.4, 0.5) is 13.2 Å². The van der Waals surface area contributed by atoms with Gasteiger partial charge in [0, 0.05) is 6.54 Å². The van der Waals surface area contributed by atoms with E-state index in [-0.39, 0.29) is 17.9 Å². The summed E-state index contributed by atoms with van der Waals surface area (Å²) in [5.74, 6) is -0.143. The second-order valence-electron chi connectivity index (χ2n) is 3.02. The van der Waals surface area contributed by atoms with Crippen LogP contribution in [0, 0.1) is 0 Å². The molecule has 0 aliphatic rings. The van der Waals surface area contributed by atoms with Crippen LogP contribution in [0.15, 0.2) is 18.2 Å². The second-order valence-corrected chi connectivity index (χ2v) is 3.02. The van der Waals surface area contributed by atoms with Crippen molar-refractivity contribution in [1.29, 1.82) is 0 Å². The largest absolute Gasteiger partial charge is 0.496 e. The van der Waals surface area contributed by atoms with E-state index in [1.165, 1.54) is 19.2 Å². The van der Waals surface area contributed by atoms with E-state index in [0.29, 0.717) is 0 Å². The minimum absolute atomic E-state index is 0.143. The van der Waals surface area contributed by atoms with E-state index in [0.717, 1.165) is 0 Å². The van der Waals surface area contributed by atoms with Crippen molar-refractivity contribution in [3.63, 3.8) is 0 Å². The number of nitrogens with one attached hydrogen (secondary N) is 1. The third-order valence-corrected chi connectivity index (χ3v) is 1.98. The molecule has 0 saturated heterocycles. The third-order valence-electron chi connectivity index (χ3n) is 1.98. The van der Waals surface area contributed by atoms with Crippen LogP contribution < -0.4 is 10.1 Å². The molecule has 0 spiro atoms. The molecule has 0 bridgehead atoms. The van der Waals surface area contributed by atoms with E-state index in [1.54, 1.807) is 13.1 Å². The van der Waals surface area contributed by atoms with Gasteiger partial charge in [-0.3, -0.25) is 0 Å². The highest BCUT2D eigenvalue weighted by Crippen LogP contribution is 2.38. The summed E-state index contributed by atoms with van der Waals surface area (Å²) in [5.41, 5.74) is -0.522. The Kier molecular flexibility index (Phi) is 3.57. The average molecular weight is 219 g/mol. The molecule has 1 N–H and O–H groups in total. The number of methoxy groups -OCH3 is 1. The topological polar surface area (TPSA) is 21.3 Å². The van der Waals surface area contributed by atoms with E-state index >= 15 is 0 Å². The molecule has 84 valence electrons. The molecule has 0 aliphatic heterocycles. The lowest BCUT2D eigenvalue weighted by Crippen LogP contribution is -2.15. The summed E-state index contributed by atoms with van der Waals surface area (Å²) in [6, 6.07) is 4.28. The minimum atomic E-state index is -4.39. The van der Waals surface area contributed by atoms with Gasteiger partial charge in [-0.1, -0.05) is 12.1 Å². The minimum Gasteiger partial charge on any atom is -0.496 e. The van der Waals surface area contributed by atoms with Crippen LogP contribution in [0.3, 0.4) is 0 Å². The van der Waals surface area contributed by atoms with Gasteiger partial charge in [0.2, 0.25) is 0 Å². The van der Waals surface area contributed by atoms with Crippen LogP contribution in [0.25, 0.3) is 0 Å². The fraction of sp³-hybridized carbons (Fsp3) is 0.400. The molecule has 0 amide bonds. The normalized spacial score (nSPS) is 11.5. The van der Waals surface area contributed by atoms with Gasteiger partial charge in [-0.2, -0.15) is 13.2 Å². The van der Waals surface area contributed by atoms with Gasteiger partial charge in [0.05, 0.1) is 7.11 Å². The smallest absolute Gasteiger partial charge is 0.420 e. The molecule has 0 atom stereocenters. The van der Waals surface area contributed by atoms with Gasteiger partial charge in [-0.25, -0.2) is 0 Å². The average Bonchev–Trinajstić information content (AvgIpc) is 2.16. The SMILES string of the molecule is CNCc1cccc(OC)c1C(F)(F)F. The van der Waals surface area contributed by atoms with Crippen LogP contribution >= 0.6 is 0 Å². The van der Waals surface area contributed by atoms with Gasteiger partial charge >= 0.3 is 6.18 Å². The van der Waals surface area contributed by atoms with Crippen molar-refractivity contribution in [1.82, 2.24) is 5.32 Å². The van der Waals surface area contributed by atoms with Gasteiger partial charge in [0.1, 0.15) is 11.3 Å². The number of halogens is 3. The van der Waals surface area contributed by atoms with Crippen LogP contribution in [-0.2, 0) is 12.7 Å². The summed E-state index contributed by atoms with van der Waals surface area (Å²) >= 11 is 0. The maximum Gasteiger partial charge on any atom is 0.420 e. The molecule has 1 aromatic rings. The molecule has 0 fully saturated rings. The van der Waals surface area contributed by atoms with E-state index in [4.69, 9.17) is 4.74 Å². The highest BCUT2D eigenvalue weighted by atomic mass is 19.4. The summed E-state index contributed by atoms with van der Waals surface area (Å²) in [6.07, 6.45) is -4.39. The summed E-state index contributed by atoms with van der Waals surface area (Å²) in [6.45, 7) is 0.159. The molecule has 1 aromatic carbocycles. The Labute approximate surface area is 86.1 Å². The van der Waals surface area contributed by atoms with Crippen molar-refractivity contribution >= 4 is 0 Å². The molecule has 0 heterocycles. The molecule has 0 unspecified atom stereocenters. The van der Waals surface area contributed by atoms with Gasteiger partial charge in [0.25, 0.3) is 0 Å². The van der Waals surface area contributed by atoms with Crippen molar-refractivity contribution in [2.45, 2.75) is 12.7 Å². The van der Waals surface area contributed by atoms with E-state index in [2.05, 4.69) is 5.32 Å². The first kappa shape index (κ1) is 11.8. The van der Waals surface area contributed by atoms with Crippen molar-refractivity contribution in [2.24, 2.45) is 0 Å². The zero-order chi connectivity index (χ0) is 11.5. The predicted molar refractivity (Wildman–Crippen MR) is 50.8 cm³/mol. The van der Waals surface area contributed by atoms with Gasteiger partial charge in [-0.15, -0.1) is 0 Å². The van der Waals surface area contributed by atoms with Crippen molar-refractivity contribution < 1.29 is 17.9 Å². The molecule has 1 rings (SSSR count). The Hall–Kier alpha value is -1.23. The fourth-order valence-electron chi connectivity index (χ4n) is 1.41. The zero-order valence-corrected chi connectivity index (χ0v) is 8.48. The number of alkyl halides is 3. The number of hydrogen-bond acceptors (Lipinski definition) is 2. The first-order chi connectivity index (χ1) is 7.00. The van der Waals surface area contributed by atoms with Crippen LogP contribution in [0.5, 0.6) is 5.75 Å². The first-order valence-corrected chi connectivity index (χ1v) is 4.38. The van der Waals surface area contributed by atoms with Gasteiger partial charge in [-0.05, 0) is 18.7 Å². The molecule has 15 heavy (non-hydrogen) atoms. The van der Waals surface area contributed by atoms with Crippen molar-refractivity contribution in [2.75, 3.05) is 14.2 Å². The Balaban J connectivity index is 3.27. The van der Waals surface area contributed by atoms with Gasteiger partial charge in [0.15, 0.2) is 0 Å². The Morgan fingerprint density at radius 1 is 1.33 bits per heavy atom. The van der Waals surface area contributed by atoms with E-state index in [9.17, 15) is 13.2 Å². The zero-order valence-electron chi connectivity index (χ0n) is 8.48. The first-order valence-electron chi connectivity index (χ1n) is 4.38. The molecule has 0 saturated carbocycles. The summed E-state index contributed by atoms with van der Waals surface area (Å²) in [4.78, 5) is 0. The highest BCUT2D eigenvalue weighted by Gasteiger charge is 2.36. The lowest BCUT2D eigenvalue weighted by atomic mass is 10.1. The molecule has 2 nitrogen and oxygen atoms in total. The van der Waals surface area contributed by atoms with Gasteiger partial charge < -0.3 is 10.1 Å².